The fourth-order valence-electron chi connectivity index (χ4n) is 7.11. The molecule has 5 atom stereocenters. The molecule has 3 heterocycles. The van der Waals surface area contributed by atoms with Gasteiger partial charge in [0.2, 0.25) is 11.8 Å². The molecular formula is C28H36N4O4. The number of fused-ring (bicyclic) bond motifs is 5. The molecule has 2 saturated heterocycles. The predicted molar refractivity (Wildman–Crippen MR) is 134 cm³/mol. The third kappa shape index (κ3) is 4.44. The Kier molecular flexibility index (Phi) is 6.54. The second-order valence-corrected chi connectivity index (χ2v) is 11.2. The van der Waals surface area contributed by atoms with E-state index < -0.39 is 6.10 Å². The number of carbonyl (C=O) groups is 3. The van der Waals surface area contributed by atoms with E-state index in [9.17, 15) is 14.4 Å². The maximum atomic E-state index is 13.3. The van der Waals surface area contributed by atoms with Gasteiger partial charge in [0.05, 0.1) is 24.3 Å². The van der Waals surface area contributed by atoms with Crippen molar-refractivity contribution in [1.82, 2.24) is 14.8 Å². The van der Waals surface area contributed by atoms with Crippen LogP contribution in [-0.4, -0.2) is 77.9 Å². The van der Waals surface area contributed by atoms with E-state index in [4.69, 9.17) is 4.74 Å². The smallest absolute Gasteiger partial charge is 0.309 e. The van der Waals surface area contributed by atoms with E-state index in [1.165, 1.54) is 11.3 Å². The highest BCUT2D eigenvalue weighted by Crippen LogP contribution is 2.52. The minimum atomic E-state index is -0.496. The van der Waals surface area contributed by atoms with Crippen molar-refractivity contribution in [3.63, 3.8) is 0 Å². The Morgan fingerprint density at radius 1 is 0.917 bits per heavy atom. The van der Waals surface area contributed by atoms with Gasteiger partial charge in [-0.3, -0.25) is 29.2 Å². The Bertz CT molecular complexity index is 986. The van der Waals surface area contributed by atoms with E-state index in [2.05, 4.69) is 26.9 Å². The first-order valence-corrected chi connectivity index (χ1v) is 13.7. The van der Waals surface area contributed by atoms with E-state index in [0.29, 0.717) is 6.54 Å². The van der Waals surface area contributed by atoms with Crippen LogP contribution in [0.4, 0.5) is 5.69 Å². The number of likely N-dealkylation sites (tertiary alicyclic amines) is 1. The van der Waals surface area contributed by atoms with Gasteiger partial charge in [-0.05, 0) is 43.2 Å². The predicted octanol–water partition coefficient (Wildman–Crippen LogP) is 2.50. The zero-order chi connectivity index (χ0) is 24.6. The number of allylic oxidation sites excluding steroid dienone is 2. The molecule has 2 amide bonds. The molecule has 2 saturated carbocycles. The Morgan fingerprint density at radius 3 is 2.19 bits per heavy atom. The fourth-order valence-corrected chi connectivity index (χ4v) is 7.11. The molecule has 4 fully saturated rings. The molecule has 1 aromatic rings. The van der Waals surface area contributed by atoms with E-state index in [0.717, 1.165) is 64.0 Å². The van der Waals surface area contributed by atoms with Crippen LogP contribution in [0, 0.1) is 29.6 Å². The van der Waals surface area contributed by atoms with Crippen LogP contribution in [0.5, 0.6) is 0 Å². The number of aromatic nitrogens is 1. The number of hydrogen-bond acceptors (Lipinski definition) is 7. The van der Waals surface area contributed by atoms with Crippen molar-refractivity contribution < 1.29 is 19.1 Å². The second-order valence-electron chi connectivity index (χ2n) is 11.2. The van der Waals surface area contributed by atoms with Gasteiger partial charge in [-0.1, -0.05) is 31.4 Å². The molecule has 36 heavy (non-hydrogen) atoms. The molecule has 0 N–H and O–H groups in total. The van der Waals surface area contributed by atoms with Crippen molar-refractivity contribution in [3.8, 4) is 0 Å². The van der Waals surface area contributed by atoms with E-state index >= 15 is 0 Å². The highest BCUT2D eigenvalue weighted by Gasteiger charge is 2.59. The lowest BCUT2D eigenvalue weighted by Gasteiger charge is -2.38. The van der Waals surface area contributed by atoms with Gasteiger partial charge in [-0.2, -0.15) is 0 Å². The van der Waals surface area contributed by atoms with Crippen LogP contribution in [0.2, 0.25) is 0 Å². The maximum absolute atomic E-state index is 13.3. The third-order valence-corrected chi connectivity index (χ3v) is 9.03. The molecule has 5 aliphatic rings. The zero-order valence-corrected chi connectivity index (χ0v) is 20.8. The molecule has 6 rings (SSSR count). The van der Waals surface area contributed by atoms with E-state index in [1.54, 1.807) is 0 Å². The Hall–Kier alpha value is -2.74. The summed E-state index contributed by atoms with van der Waals surface area (Å²) < 4.78 is 6.09. The third-order valence-electron chi connectivity index (χ3n) is 9.03. The standard InChI is InChI=1S/C28H36N4O4/c33-26-24-20-6-7-21(16-20)25(24)27(34)32(26)18-23(36-28(35)19-4-2-1-3-5-19)17-30-12-14-31(15-13-30)22-8-10-29-11-9-22/h6-11,19-21,23-25H,1-5,12-18H2/t20-,21+,23?,24-,25+. The molecule has 2 aliphatic heterocycles. The number of pyridine rings is 1. The normalized spacial score (nSPS) is 31.2. The molecule has 1 unspecified atom stereocenters. The Balaban J connectivity index is 1.12. The number of amides is 2. The summed E-state index contributed by atoms with van der Waals surface area (Å²) in [6.45, 7) is 4.12. The summed E-state index contributed by atoms with van der Waals surface area (Å²) in [6.07, 6.45) is 13.3. The van der Waals surface area contributed by atoms with Crippen LogP contribution in [0.1, 0.15) is 38.5 Å². The number of nitrogens with zero attached hydrogens (tertiary/aromatic N) is 4. The van der Waals surface area contributed by atoms with E-state index in [1.807, 2.05) is 24.5 Å². The zero-order valence-electron chi connectivity index (χ0n) is 20.8. The molecule has 8 nitrogen and oxygen atoms in total. The van der Waals surface area contributed by atoms with Crippen LogP contribution in [0.15, 0.2) is 36.7 Å². The van der Waals surface area contributed by atoms with Gasteiger partial charge >= 0.3 is 5.97 Å². The summed E-state index contributed by atoms with van der Waals surface area (Å²) in [6, 6.07) is 4.04. The van der Waals surface area contributed by atoms with Crippen LogP contribution < -0.4 is 4.90 Å². The van der Waals surface area contributed by atoms with Gasteiger partial charge < -0.3 is 9.64 Å². The number of anilines is 1. The lowest BCUT2D eigenvalue weighted by Crippen LogP contribution is -2.52. The summed E-state index contributed by atoms with van der Waals surface area (Å²) in [5, 5.41) is 0. The monoisotopic (exact) mass is 492 g/mol. The topological polar surface area (TPSA) is 83.1 Å². The molecular weight excluding hydrogens is 456 g/mol. The van der Waals surface area contributed by atoms with Gasteiger partial charge in [-0.15, -0.1) is 0 Å². The lowest BCUT2D eigenvalue weighted by molar-refractivity contribution is -0.160. The van der Waals surface area contributed by atoms with Gasteiger partial charge in [0.15, 0.2) is 0 Å². The SMILES string of the molecule is O=C(OC(CN1CCN(c2ccncc2)CC1)CN1C(=O)[C@@H]2[C@H](C1=O)[C@@H]1C=C[C@H]2C1)C1CCCCC1. The highest BCUT2D eigenvalue weighted by molar-refractivity contribution is 6.06. The second kappa shape index (κ2) is 9.96. The van der Waals surface area contributed by atoms with Crippen molar-refractivity contribution in [3.05, 3.63) is 36.7 Å². The number of piperazine rings is 1. The molecule has 192 valence electrons. The molecule has 1 aromatic heterocycles. The fraction of sp³-hybridized carbons (Fsp3) is 0.643. The molecule has 0 radical (unpaired) electrons. The number of hydrogen-bond donors (Lipinski definition) is 0. The average Bonchev–Trinajstić information content (AvgIpc) is 3.60. The largest absolute Gasteiger partial charge is 0.459 e. The van der Waals surface area contributed by atoms with Gasteiger partial charge in [0, 0.05) is 50.8 Å². The van der Waals surface area contributed by atoms with Crippen molar-refractivity contribution in [1.29, 1.82) is 0 Å². The van der Waals surface area contributed by atoms with Crippen molar-refractivity contribution >= 4 is 23.5 Å². The minimum absolute atomic E-state index is 0.0609. The minimum Gasteiger partial charge on any atom is -0.459 e. The molecule has 0 aromatic carbocycles. The number of ether oxygens (including phenoxy) is 1. The first kappa shape index (κ1) is 23.6. The summed E-state index contributed by atoms with van der Waals surface area (Å²) in [5.74, 6) is -0.411. The summed E-state index contributed by atoms with van der Waals surface area (Å²) in [5.41, 5.74) is 1.16. The quantitative estimate of drug-likeness (QED) is 0.329. The number of imide groups is 1. The first-order chi connectivity index (χ1) is 17.6. The molecule has 2 bridgehead atoms. The van der Waals surface area contributed by atoms with E-state index in [-0.39, 0.29) is 53.9 Å². The number of rotatable bonds is 7. The van der Waals surface area contributed by atoms with Crippen molar-refractivity contribution in [2.45, 2.75) is 44.6 Å². The van der Waals surface area contributed by atoms with Gasteiger partial charge in [0.25, 0.3) is 0 Å². The van der Waals surface area contributed by atoms with Crippen LogP contribution >= 0.6 is 0 Å². The maximum Gasteiger partial charge on any atom is 0.309 e. The number of esters is 1. The van der Waals surface area contributed by atoms with Crippen molar-refractivity contribution in [2.24, 2.45) is 29.6 Å². The van der Waals surface area contributed by atoms with Crippen molar-refractivity contribution in [2.75, 3.05) is 44.2 Å². The lowest BCUT2D eigenvalue weighted by atomic mass is 9.85. The van der Waals surface area contributed by atoms with Gasteiger partial charge in [0.1, 0.15) is 6.10 Å². The summed E-state index contributed by atoms with van der Waals surface area (Å²) in [7, 11) is 0. The molecule has 3 aliphatic carbocycles. The Morgan fingerprint density at radius 2 is 1.56 bits per heavy atom. The molecule has 8 heteroatoms. The number of carbonyl (C=O) groups excluding carboxylic acids is 3. The van der Waals surface area contributed by atoms with Crippen LogP contribution in [0.25, 0.3) is 0 Å². The molecule has 0 spiro atoms. The summed E-state index contributed by atoms with van der Waals surface area (Å²) >= 11 is 0. The van der Waals surface area contributed by atoms with Gasteiger partial charge in [-0.25, -0.2) is 0 Å². The average molecular weight is 493 g/mol. The Labute approximate surface area is 212 Å². The first-order valence-electron chi connectivity index (χ1n) is 13.7. The summed E-state index contributed by atoms with van der Waals surface area (Å²) in [4.78, 5) is 49.9. The van der Waals surface area contributed by atoms with Crippen LogP contribution in [-0.2, 0) is 19.1 Å². The van der Waals surface area contributed by atoms with Crippen LogP contribution in [0.3, 0.4) is 0 Å². The highest BCUT2D eigenvalue weighted by atomic mass is 16.5.